The fourth-order valence-corrected chi connectivity index (χ4v) is 4.35. The lowest BCUT2D eigenvalue weighted by Gasteiger charge is -2.35. The number of benzene rings is 1. The van der Waals surface area contributed by atoms with Gasteiger partial charge in [0.2, 0.25) is 10.0 Å². The van der Waals surface area contributed by atoms with Crippen LogP contribution in [0.1, 0.15) is 0 Å². The van der Waals surface area contributed by atoms with Gasteiger partial charge in [0.15, 0.2) is 0 Å². The first kappa shape index (κ1) is 17.8. The number of hydrogen-bond donors (Lipinski definition) is 0. The van der Waals surface area contributed by atoms with Crippen molar-refractivity contribution in [2.75, 3.05) is 52.5 Å². The van der Waals surface area contributed by atoms with E-state index < -0.39 is 21.8 Å². The molecule has 3 rings (SSSR count). The topological polar surface area (TPSA) is 87.2 Å². The Morgan fingerprint density at radius 2 is 1.32 bits per heavy atom. The molecule has 0 aliphatic carbocycles. The van der Waals surface area contributed by atoms with Crippen molar-refractivity contribution in [1.29, 1.82) is 0 Å². The Morgan fingerprint density at radius 1 is 0.800 bits per heavy atom. The zero-order valence-corrected chi connectivity index (χ0v) is 14.7. The van der Waals surface area contributed by atoms with Gasteiger partial charge in [-0.25, -0.2) is 8.42 Å². The highest BCUT2D eigenvalue weighted by atomic mass is 32.2. The predicted octanol–water partition coefficient (Wildman–Crippen LogP) is -0.622. The van der Waals surface area contributed by atoms with Crippen LogP contribution in [-0.4, -0.2) is 86.8 Å². The minimum atomic E-state index is -3.57. The number of amides is 2. The Balaban J connectivity index is 1.60. The number of hydrogen-bond acceptors (Lipinski definition) is 5. The lowest BCUT2D eigenvalue weighted by Crippen LogP contribution is -2.55. The number of rotatable bonds is 2. The first-order valence-corrected chi connectivity index (χ1v) is 9.65. The predicted molar refractivity (Wildman–Crippen MR) is 89.2 cm³/mol. The first-order valence-electron chi connectivity index (χ1n) is 8.21. The molecule has 0 unspecified atom stereocenters. The molecule has 1 aromatic rings. The number of carbonyl (C=O) groups is 2. The van der Waals surface area contributed by atoms with Crippen molar-refractivity contribution in [3.8, 4) is 0 Å². The van der Waals surface area contributed by atoms with E-state index in [1.165, 1.54) is 14.1 Å². The summed E-state index contributed by atoms with van der Waals surface area (Å²) in [5.41, 5.74) is 0. The van der Waals surface area contributed by atoms with E-state index in [9.17, 15) is 18.0 Å². The summed E-state index contributed by atoms with van der Waals surface area (Å²) in [5, 5.41) is 0. The van der Waals surface area contributed by atoms with Crippen molar-refractivity contribution in [3.05, 3.63) is 30.3 Å². The standard InChI is InChI=1S/C16H21N3O5S/c20-15(16(21)18-10-12-24-13-11-18)17-6-8-19(9-7-17)25(22,23)14-4-2-1-3-5-14/h1-5H,6-13H2. The molecule has 0 aromatic heterocycles. The van der Waals surface area contributed by atoms with Crippen LogP contribution in [0.4, 0.5) is 0 Å². The van der Waals surface area contributed by atoms with E-state index in [1.807, 2.05) is 0 Å². The van der Waals surface area contributed by atoms with Gasteiger partial charge in [-0.1, -0.05) is 18.2 Å². The van der Waals surface area contributed by atoms with E-state index in [4.69, 9.17) is 4.74 Å². The Bertz CT molecular complexity index is 723. The van der Waals surface area contributed by atoms with Crippen LogP contribution in [0, 0.1) is 0 Å². The van der Waals surface area contributed by atoms with Gasteiger partial charge in [0, 0.05) is 39.3 Å². The lowest BCUT2D eigenvalue weighted by atomic mass is 10.3. The number of sulfonamides is 1. The molecule has 0 radical (unpaired) electrons. The van der Waals surface area contributed by atoms with Gasteiger partial charge in [-0.05, 0) is 12.1 Å². The van der Waals surface area contributed by atoms with Crippen LogP contribution in [0.15, 0.2) is 35.2 Å². The molecule has 0 N–H and O–H groups in total. The summed E-state index contributed by atoms with van der Waals surface area (Å²) in [6.45, 7) is 2.46. The third-order valence-electron chi connectivity index (χ3n) is 4.39. The molecule has 0 spiro atoms. The molecule has 136 valence electrons. The summed E-state index contributed by atoms with van der Waals surface area (Å²) in [5.74, 6) is -1.11. The van der Waals surface area contributed by atoms with Crippen molar-refractivity contribution in [2.24, 2.45) is 0 Å². The smallest absolute Gasteiger partial charge is 0.312 e. The van der Waals surface area contributed by atoms with E-state index in [0.717, 1.165) is 0 Å². The molecule has 9 heteroatoms. The average molecular weight is 367 g/mol. The van der Waals surface area contributed by atoms with Crippen molar-refractivity contribution in [1.82, 2.24) is 14.1 Å². The van der Waals surface area contributed by atoms with Crippen molar-refractivity contribution in [2.45, 2.75) is 4.90 Å². The largest absolute Gasteiger partial charge is 0.378 e. The zero-order valence-electron chi connectivity index (χ0n) is 13.8. The normalized spacial score (nSPS) is 19.7. The van der Waals surface area contributed by atoms with Gasteiger partial charge in [-0.2, -0.15) is 4.31 Å². The second-order valence-electron chi connectivity index (χ2n) is 5.91. The molecular formula is C16H21N3O5S. The van der Waals surface area contributed by atoms with Crippen molar-refractivity contribution < 1.29 is 22.7 Å². The molecule has 2 fully saturated rings. The van der Waals surface area contributed by atoms with Crippen molar-refractivity contribution >= 4 is 21.8 Å². The fraction of sp³-hybridized carbons (Fsp3) is 0.500. The second kappa shape index (κ2) is 7.51. The zero-order chi connectivity index (χ0) is 17.9. The highest BCUT2D eigenvalue weighted by Crippen LogP contribution is 2.17. The lowest BCUT2D eigenvalue weighted by molar-refractivity contribution is -0.154. The summed E-state index contributed by atoms with van der Waals surface area (Å²) in [6.07, 6.45) is 0. The second-order valence-corrected chi connectivity index (χ2v) is 7.85. The van der Waals surface area contributed by atoms with Crippen LogP contribution >= 0.6 is 0 Å². The van der Waals surface area contributed by atoms with Crippen LogP contribution in [0.5, 0.6) is 0 Å². The molecule has 2 aliphatic rings. The van der Waals surface area contributed by atoms with E-state index in [1.54, 1.807) is 30.3 Å². The number of carbonyl (C=O) groups excluding carboxylic acids is 2. The van der Waals surface area contributed by atoms with Crippen LogP contribution in [0.3, 0.4) is 0 Å². The molecule has 2 amide bonds. The highest BCUT2D eigenvalue weighted by molar-refractivity contribution is 7.89. The van der Waals surface area contributed by atoms with Gasteiger partial charge in [0.25, 0.3) is 0 Å². The van der Waals surface area contributed by atoms with Crippen LogP contribution in [0.2, 0.25) is 0 Å². The summed E-state index contributed by atoms with van der Waals surface area (Å²) >= 11 is 0. The molecule has 25 heavy (non-hydrogen) atoms. The molecule has 0 saturated carbocycles. The Kier molecular flexibility index (Phi) is 5.36. The SMILES string of the molecule is O=C(C(=O)N1CCN(S(=O)(=O)c2ccccc2)CC1)N1CCOCC1. The molecule has 0 bridgehead atoms. The summed E-state index contributed by atoms with van der Waals surface area (Å²) in [7, 11) is -3.57. The summed E-state index contributed by atoms with van der Waals surface area (Å²) in [4.78, 5) is 27.7. The molecule has 2 heterocycles. The van der Waals surface area contributed by atoms with E-state index in [-0.39, 0.29) is 31.1 Å². The van der Waals surface area contributed by atoms with E-state index in [2.05, 4.69) is 0 Å². The highest BCUT2D eigenvalue weighted by Gasteiger charge is 2.33. The maximum Gasteiger partial charge on any atom is 0.312 e. The van der Waals surface area contributed by atoms with Gasteiger partial charge in [-0.3, -0.25) is 9.59 Å². The third kappa shape index (κ3) is 3.83. The van der Waals surface area contributed by atoms with Crippen LogP contribution < -0.4 is 0 Å². The molecule has 8 nitrogen and oxygen atoms in total. The Hall–Kier alpha value is -1.97. The molecule has 2 aliphatic heterocycles. The third-order valence-corrected chi connectivity index (χ3v) is 6.30. The molecular weight excluding hydrogens is 346 g/mol. The van der Waals surface area contributed by atoms with Crippen LogP contribution in [-0.2, 0) is 24.3 Å². The summed E-state index contributed by atoms with van der Waals surface area (Å²) in [6, 6.07) is 8.21. The van der Waals surface area contributed by atoms with Gasteiger partial charge >= 0.3 is 11.8 Å². The summed E-state index contributed by atoms with van der Waals surface area (Å²) < 4.78 is 31.7. The number of nitrogens with zero attached hydrogens (tertiary/aromatic N) is 3. The maximum atomic E-state index is 12.6. The molecule has 1 aromatic carbocycles. The van der Waals surface area contributed by atoms with E-state index in [0.29, 0.717) is 26.3 Å². The quantitative estimate of drug-likeness (QED) is 0.650. The maximum absolute atomic E-state index is 12.6. The molecule has 2 saturated heterocycles. The minimum absolute atomic E-state index is 0.180. The van der Waals surface area contributed by atoms with Gasteiger partial charge < -0.3 is 14.5 Å². The molecule has 0 atom stereocenters. The minimum Gasteiger partial charge on any atom is -0.378 e. The van der Waals surface area contributed by atoms with Crippen molar-refractivity contribution in [3.63, 3.8) is 0 Å². The first-order chi connectivity index (χ1) is 12.0. The van der Waals surface area contributed by atoms with Crippen LogP contribution in [0.25, 0.3) is 0 Å². The average Bonchev–Trinajstić information content (AvgIpc) is 2.68. The van der Waals surface area contributed by atoms with Gasteiger partial charge in [-0.15, -0.1) is 0 Å². The Labute approximate surface area is 147 Å². The number of piperazine rings is 1. The fourth-order valence-electron chi connectivity index (χ4n) is 2.91. The number of ether oxygens (including phenoxy) is 1. The Morgan fingerprint density at radius 3 is 1.88 bits per heavy atom. The monoisotopic (exact) mass is 367 g/mol. The van der Waals surface area contributed by atoms with Gasteiger partial charge in [0.1, 0.15) is 0 Å². The van der Waals surface area contributed by atoms with E-state index >= 15 is 0 Å². The van der Waals surface area contributed by atoms with Gasteiger partial charge in [0.05, 0.1) is 18.1 Å². The number of morpholine rings is 1.